The molecule has 28 heavy (non-hydrogen) atoms. The monoisotopic (exact) mass is 378 g/mol. The largest absolute Gasteiger partial charge is 0.486 e. The van der Waals surface area contributed by atoms with Crippen LogP contribution in [0.4, 0.5) is 4.79 Å². The van der Waals surface area contributed by atoms with Gasteiger partial charge in [0, 0.05) is 6.54 Å². The lowest BCUT2D eigenvalue weighted by Gasteiger charge is -2.28. The molecule has 2 aromatic carbocycles. The maximum absolute atomic E-state index is 12.8. The Morgan fingerprint density at radius 3 is 2.89 bits per heavy atom. The molecule has 144 valence electrons. The smallest absolute Gasteiger partial charge is 0.318 e. The van der Waals surface area contributed by atoms with E-state index in [0.717, 1.165) is 42.0 Å². The topological polar surface area (TPSA) is 79.5 Å². The van der Waals surface area contributed by atoms with Gasteiger partial charge < -0.3 is 24.7 Å². The first kappa shape index (κ1) is 16.9. The van der Waals surface area contributed by atoms with Gasteiger partial charge in [-0.15, -0.1) is 0 Å². The van der Waals surface area contributed by atoms with Crippen molar-refractivity contribution in [1.29, 1.82) is 0 Å². The van der Waals surface area contributed by atoms with Crippen molar-refractivity contribution in [2.75, 3.05) is 19.7 Å². The van der Waals surface area contributed by atoms with Gasteiger partial charge in [0.15, 0.2) is 17.6 Å². The van der Waals surface area contributed by atoms with Gasteiger partial charge in [0.25, 0.3) is 0 Å². The highest BCUT2D eigenvalue weighted by atomic mass is 16.6. The number of carbonyl (C=O) groups is 1. The summed E-state index contributed by atoms with van der Waals surface area (Å²) in [6, 6.07) is 15.4. The van der Waals surface area contributed by atoms with Crippen LogP contribution in [-0.4, -0.2) is 46.7 Å². The van der Waals surface area contributed by atoms with Gasteiger partial charge in [0.2, 0.25) is 0 Å². The lowest BCUT2D eigenvalue weighted by Crippen LogP contribution is -2.46. The fourth-order valence-electron chi connectivity index (χ4n) is 3.89. The minimum atomic E-state index is -0.203. The number of amides is 2. The van der Waals surface area contributed by atoms with Crippen molar-refractivity contribution in [3.05, 3.63) is 54.4 Å². The van der Waals surface area contributed by atoms with Crippen LogP contribution in [0.3, 0.4) is 0 Å². The highest BCUT2D eigenvalue weighted by Crippen LogP contribution is 2.32. The molecule has 3 heterocycles. The van der Waals surface area contributed by atoms with Crippen LogP contribution in [0.15, 0.2) is 48.5 Å². The van der Waals surface area contributed by atoms with Crippen LogP contribution in [0, 0.1) is 0 Å². The van der Waals surface area contributed by atoms with Gasteiger partial charge in [-0.05, 0) is 37.1 Å². The first-order valence-electron chi connectivity index (χ1n) is 9.65. The van der Waals surface area contributed by atoms with Crippen molar-refractivity contribution in [2.24, 2.45) is 0 Å². The zero-order valence-corrected chi connectivity index (χ0v) is 15.4. The van der Waals surface area contributed by atoms with Crippen molar-refractivity contribution in [3.8, 4) is 11.5 Å². The number of likely N-dealkylation sites (tertiary alicyclic amines) is 1. The van der Waals surface area contributed by atoms with Gasteiger partial charge >= 0.3 is 6.03 Å². The maximum atomic E-state index is 12.8. The highest BCUT2D eigenvalue weighted by molar-refractivity contribution is 5.77. The molecule has 1 fully saturated rings. The Bertz CT molecular complexity index is 969. The molecule has 0 unspecified atom stereocenters. The third kappa shape index (κ3) is 3.13. The van der Waals surface area contributed by atoms with Gasteiger partial charge in [-0.25, -0.2) is 9.78 Å². The molecule has 0 aliphatic carbocycles. The Hall–Kier alpha value is -3.22. The predicted molar refractivity (Wildman–Crippen MR) is 105 cm³/mol. The van der Waals surface area contributed by atoms with Crippen molar-refractivity contribution >= 4 is 17.1 Å². The fourth-order valence-corrected chi connectivity index (χ4v) is 3.89. The third-order valence-corrected chi connectivity index (χ3v) is 5.29. The number of aromatic amines is 1. The summed E-state index contributed by atoms with van der Waals surface area (Å²) in [5.41, 5.74) is 1.92. The molecule has 1 saturated heterocycles. The van der Waals surface area contributed by atoms with Crippen LogP contribution in [0.1, 0.15) is 24.7 Å². The molecular formula is C21H22N4O3. The summed E-state index contributed by atoms with van der Waals surface area (Å²) in [5.74, 6) is 2.31. The number of carbonyl (C=O) groups excluding carboxylic acids is 1. The van der Waals surface area contributed by atoms with Crippen molar-refractivity contribution in [2.45, 2.75) is 25.0 Å². The molecule has 5 rings (SSSR count). The lowest BCUT2D eigenvalue weighted by molar-refractivity contribution is 0.0898. The Kier molecular flexibility index (Phi) is 4.27. The summed E-state index contributed by atoms with van der Waals surface area (Å²) in [6.07, 6.45) is 1.67. The number of benzene rings is 2. The second kappa shape index (κ2) is 7.07. The van der Waals surface area contributed by atoms with E-state index in [1.807, 2.05) is 53.4 Å². The minimum Gasteiger partial charge on any atom is -0.486 e. The van der Waals surface area contributed by atoms with Gasteiger partial charge in [-0.3, -0.25) is 0 Å². The Morgan fingerprint density at radius 2 is 2.00 bits per heavy atom. The number of ether oxygens (including phenoxy) is 2. The lowest BCUT2D eigenvalue weighted by atomic mass is 10.2. The first-order chi connectivity index (χ1) is 13.8. The molecule has 3 aromatic rings. The van der Waals surface area contributed by atoms with Gasteiger partial charge in [-0.1, -0.05) is 24.3 Å². The van der Waals surface area contributed by atoms with Gasteiger partial charge in [0.1, 0.15) is 12.4 Å². The van der Waals surface area contributed by atoms with Crippen molar-refractivity contribution in [3.63, 3.8) is 0 Å². The summed E-state index contributed by atoms with van der Waals surface area (Å²) in [5, 5.41) is 3.00. The predicted octanol–water partition coefficient (Wildman–Crippen LogP) is 3.25. The Balaban J connectivity index is 1.23. The SMILES string of the molecule is O=C(NC[C@H]1COc2ccccc2O1)N1CCC[C@H]1c1nc2ccccc2[nH]1. The molecule has 7 nitrogen and oxygen atoms in total. The van der Waals surface area contributed by atoms with Crippen molar-refractivity contribution < 1.29 is 14.3 Å². The zero-order chi connectivity index (χ0) is 18.9. The number of fused-ring (bicyclic) bond motifs is 2. The second-order valence-corrected chi connectivity index (χ2v) is 7.17. The number of para-hydroxylation sites is 4. The molecular weight excluding hydrogens is 356 g/mol. The number of hydrogen-bond acceptors (Lipinski definition) is 4. The normalized spacial score (nSPS) is 21.1. The molecule has 0 spiro atoms. The van der Waals surface area contributed by atoms with Crippen molar-refractivity contribution in [1.82, 2.24) is 20.2 Å². The van der Waals surface area contributed by atoms with E-state index in [1.165, 1.54) is 0 Å². The van der Waals surface area contributed by atoms with E-state index in [4.69, 9.17) is 9.47 Å². The van der Waals surface area contributed by atoms with Crippen LogP contribution in [0.5, 0.6) is 11.5 Å². The fraction of sp³-hybridized carbons (Fsp3) is 0.333. The summed E-state index contributed by atoms with van der Waals surface area (Å²) in [7, 11) is 0. The summed E-state index contributed by atoms with van der Waals surface area (Å²) < 4.78 is 11.6. The van der Waals surface area contributed by atoms with E-state index < -0.39 is 0 Å². The molecule has 0 bridgehead atoms. The van der Waals surface area contributed by atoms with E-state index in [-0.39, 0.29) is 18.2 Å². The van der Waals surface area contributed by atoms with Crippen LogP contribution in [-0.2, 0) is 0 Å². The molecule has 1 aromatic heterocycles. The average Bonchev–Trinajstić information content (AvgIpc) is 3.38. The minimum absolute atomic E-state index is 0.0309. The van der Waals surface area contributed by atoms with Crippen LogP contribution < -0.4 is 14.8 Å². The zero-order valence-electron chi connectivity index (χ0n) is 15.4. The maximum Gasteiger partial charge on any atom is 0.318 e. The number of hydrogen-bond donors (Lipinski definition) is 2. The van der Waals surface area contributed by atoms with E-state index >= 15 is 0 Å². The van der Waals surface area contributed by atoms with Gasteiger partial charge in [-0.2, -0.15) is 0 Å². The molecule has 2 atom stereocenters. The Morgan fingerprint density at radius 1 is 1.18 bits per heavy atom. The molecule has 7 heteroatoms. The van der Waals surface area contributed by atoms with Gasteiger partial charge in [0.05, 0.1) is 23.6 Å². The summed E-state index contributed by atoms with van der Waals surface area (Å²) >= 11 is 0. The first-order valence-corrected chi connectivity index (χ1v) is 9.65. The standard InChI is InChI=1S/C21H22N4O3/c26-21(22-12-14-13-27-18-9-3-4-10-19(18)28-14)25-11-5-8-17(25)20-23-15-6-1-2-7-16(15)24-20/h1-4,6-7,9-10,14,17H,5,8,11-13H2,(H,22,26)(H,23,24)/t14-,17-/m0/s1. The quantitative estimate of drug-likeness (QED) is 0.733. The third-order valence-electron chi connectivity index (χ3n) is 5.29. The van der Waals surface area contributed by atoms with E-state index in [0.29, 0.717) is 18.9 Å². The molecule has 2 amide bonds. The van der Waals surface area contributed by atoms with Crippen LogP contribution in [0.25, 0.3) is 11.0 Å². The van der Waals surface area contributed by atoms with Crippen LogP contribution in [0.2, 0.25) is 0 Å². The number of nitrogens with zero attached hydrogens (tertiary/aromatic N) is 2. The molecule has 0 saturated carbocycles. The molecule has 2 aliphatic rings. The number of imidazole rings is 1. The van der Waals surface area contributed by atoms with E-state index in [2.05, 4.69) is 15.3 Å². The van der Waals surface area contributed by atoms with E-state index in [9.17, 15) is 4.79 Å². The van der Waals surface area contributed by atoms with Crippen LogP contribution >= 0.6 is 0 Å². The molecule has 2 N–H and O–H groups in total. The second-order valence-electron chi connectivity index (χ2n) is 7.17. The summed E-state index contributed by atoms with van der Waals surface area (Å²) in [6.45, 7) is 1.54. The number of nitrogens with one attached hydrogen (secondary N) is 2. The number of aromatic nitrogens is 2. The number of rotatable bonds is 3. The Labute approximate surface area is 162 Å². The number of H-pyrrole nitrogens is 1. The average molecular weight is 378 g/mol. The number of urea groups is 1. The summed E-state index contributed by atoms with van der Waals surface area (Å²) in [4.78, 5) is 22.7. The highest BCUT2D eigenvalue weighted by Gasteiger charge is 2.32. The molecule has 2 aliphatic heterocycles. The van der Waals surface area contributed by atoms with E-state index in [1.54, 1.807) is 0 Å². The molecule has 0 radical (unpaired) electrons.